The van der Waals surface area contributed by atoms with Crippen molar-refractivity contribution in [2.75, 3.05) is 87.1 Å². The van der Waals surface area contributed by atoms with E-state index in [1.165, 1.54) is 34.4 Å². The first-order chi connectivity index (χ1) is 32.0. The lowest BCUT2D eigenvalue weighted by molar-refractivity contribution is -0.136. The molecule has 66 heavy (non-hydrogen) atoms. The molecule has 6 aliphatic rings. The van der Waals surface area contributed by atoms with Gasteiger partial charge in [-0.05, 0) is 66.4 Å². The molecule has 3 N–H and O–H groups in total. The second-order valence-electron chi connectivity index (χ2n) is 17.4. The van der Waals surface area contributed by atoms with Crippen LogP contribution in [0.25, 0.3) is 0 Å². The van der Waals surface area contributed by atoms with Gasteiger partial charge in [0.2, 0.25) is 17.7 Å². The van der Waals surface area contributed by atoms with E-state index in [-0.39, 0.29) is 48.2 Å². The number of carbonyl (C=O) groups excluding carboxylic acids is 7. The van der Waals surface area contributed by atoms with Gasteiger partial charge in [0, 0.05) is 105 Å². The predicted octanol–water partition coefficient (Wildman–Crippen LogP) is 2.71. The molecule has 0 spiro atoms. The number of benzene rings is 3. The van der Waals surface area contributed by atoms with Crippen LogP contribution in [0.5, 0.6) is 0 Å². The van der Waals surface area contributed by atoms with Crippen LogP contribution in [0.2, 0.25) is 0 Å². The number of imide groups is 2. The van der Waals surface area contributed by atoms with E-state index in [1.807, 2.05) is 4.90 Å². The number of thiazole rings is 1. The maximum absolute atomic E-state index is 14.4. The molecule has 7 amide bonds. The number of piperidine rings is 1. The molecule has 3 saturated heterocycles. The fourth-order valence-electron chi connectivity index (χ4n) is 9.91. The fraction of sp³-hybridized carbons (Fsp3) is 0.362. The third-order valence-corrected chi connectivity index (χ3v) is 14.2. The van der Waals surface area contributed by atoms with Gasteiger partial charge in [-0.1, -0.05) is 24.3 Å². The normalized spacial score (nSPS) is 21.8. The molecule has 3 unspecified atom stereocenters. The first-order valence-corrected chi connectivity index (χ1v) is 23.1. The molecule has 0 aliphatic carbocycles. The zero-order valence-electron chi connectivity index (χ0n) is 35.9. The molecular weight excluding hydrogens is 868 g/mol. The molecule has 340 valence electrons. The van der Waals surface area contributed by atoms with Gasteiger partial charge in [0.15, 0.2) is 5.13 Å². The average Bonchev–Trinajstić information content (AvgIpc) is 4.02. The number of amides is 7. The number of hydrogen-bond acceptors (Lipinski definition) is 13. The number of hydrogen-bond donors (Lipinski definition) is 3. The molecule has 4 aromatic rings. The molecule has 10 rings (SSSR count). The second kappa shape index (κ2) is 17.8. The summed E-state index contributed by atoms with van der Waals surface area (Å²) in [6.45, 7) is 6.25. The van der Waals surface area contributed by atoms with Crippen molar-refractivity contribution in [2.45, 2.75) is 37.3 Å². The third kappa shape index (κ3) is 8.28. The molecule has 7 heterocycles. The van der Waals surface area contributed by atoms with Crippen LogP contribution in [0.1, 0.15) is 63.1 Å². The summed E-state index contributed by atoms with van der Waals surface area (Å²) in [6, 6.07) is 17.2. The lowest BCUT2D eigenvalue weighted by Gasteiger charge is -2.39. The summed E-state index contributed by atoms with van der Waals surface area (Å²) >= 11 is 1.26. The first-order valence-electron chi connectivity index (χ1n) is 22.2. The van der Waals surface area contributed by atoms with Gasteiger partial charge in [-0.2, -0.15) is 0 Å². The Balaban J connectivity index is 0.695. The largest absolute Gasteiger partial charge is 0.386 e. The van der Waals surface area contributed by atoms with Crippen molar-refractivity contribution in [3.05, 3.63) is 118 Å². The van der Waals surface area contributed by atoms with Crippen LogP contribution < -0.4 is 25.8 Å². The highest BCUT2D eigenvalue weighted by Crippen LogP contribution is 2.38. The molecule has 3 atom stereocenters. The number of aromatic nitrogens is 1. The molecule has 0 radical (unpaired) electrons. The Labute approximate surface area is 383 Å². The van der Waals surface area contributed by atoms with Crippen LogP contribution in [-0.4, -0.2) is 144 Å². The summed E-state index contributed by atoms with van der Waals surface area (Å²) in [5, 5.41) is 10.6. The quantitative estimate of drug-likeness (QED) is 0.198. The van der Waals surface area contributed by atoms with E-state index in [2.05, 4.69) is 59.9 Å². The van der Waals surface area contributed by atoms with Crippen LogP contribution in [0, 0.1) is 5.82 Å². The van der Waals surface area contributed by atoms with Crippen LogP contribution in [-0.2, 0) is 24.0 Å². The van der Waals surface area contributed by atoms with E-state index >= 15 is 0 Å². The Bertz CT molecular complexity index is 2660. The van der Waals surface area contributed by atoms with E-state index in [4.69, 9.17) is 0 Å². The van der Waals surface area contributed by atoms with Crippen molar-refractivity contribution < 1.29 is 38.0 Å². The van der Waals surface area contributed by atoms with Gasteiger partial charge >= 0.3 is 0 Å². The van der Waals surface area contributed by atoms with Crippen LogP contribution in [0.4, 0.5) is 20.9 Å². The van der Waals surface area contributed by atoms with E-state index in [1.54, 1.807) is 35.8 Å². The lowest BCUT2D eigenvalue weighted by atomic mass is 9.88. The number of piperazine rings is 2. The van der Waals surface area contributed by atoms with Gasteiger partial charge in [0.1, 0.15) is 17.9 Å². The van der Waals surface area contributed by atoms with Crippen molar-refractivity contribution >= 4 is 69.2 Å². The topological polar surface area (TPSA) is 188 Å². The molecular formula is C47H47FN10O7S. The summed E-state index contributed by atoms with van der Waals surface area (Å²) in [4.78, 5) is 107. The van der Waals surface area contributed by atoms with Crippen LogP contribution in [0.3, 0.4) is 0 Å². The van der Waals surface area contributed by atoms with Crippen molar-refractivity contribution in [1.82, 2.24) is 35.2 Å². The Morgan fingerprint density at radius 1 is 0.833 bits per heavy atom. The third-order valence-electron chi connectivity index (χ3n) is 13.5. The van der Waals surface area contributed by atoms with Crippen molar-refractivity contribution in [2.24, 2.45) is 0 Å². The minimum Gasteiger partial charge on any atom is -0.386 e. The first kappa shape index (κ1) is 42.9. The summed E-state index contributed by atoms with van der Waals surface area (Å²) in [6.07, 6.45) is 2.24. The summed E-state index contributed by atoms with van der Waals surface area (Å²) < 4.78 is 14.4. The van der Waals surface area contributed by atoms with Gasteiger partial charge in [-0.15, -0.1) is 11.3 Å². The number of anilines is 3. The van der Waals surface area contributed by atoms with Crippen molar-refractivity contribution in [3.8, 4) is 0 Å². The summed E-state index contributed by atoms with van der Waals surface area (Å²) in [5.41, 5.74) is 5.19. The summed E-state index contributed by atoms with van der Waals surface area (Å²) in [7, 11) is 0. The maximum Gasteiger partial charge on any atom is 0.262 e. The molecule has 19 heteroatoms. The van der Waals surface area contributed by atoms with E-state index in [0.29, 0.717) is 88.1 Å². The summed E-state index contributed by atoms with van der Waals surface area (Å²) in [5.74, 6) is -3.24. The highest BCUT2D eigenvalue weighted by molar-refractivity contribution is 7.13. The minimum atomic E-state index is -1.05. The number of nitrogens with zero attached hydrogens (tertiary/aromatic N) is 7. The molecule has 1 aromatic heterocycles. The SMILES string of the molecule is O=C1CCC(N2C(=O)c3ccc(N4CCN(CC(=O)N5CCN(c6ccc(C7CNC8=C(C7)C(=O)N(C(C(=O)Nc7nccs7)c7cccc(F)c7)C8)cc6)CC5)CC4)cc3C2=O)C(=O)N1. The Morgan fingerprint density at radius 3 is 2.29 bits per heavy atom. The van der Waals surface area contributed by atoms with Gasteiger partial charge in [-0.3, -0.25) is 54.0 Å². The Hall–Kier alpha value is -6.99. The smallest absolute Gasteiger partial charge is 0.262 e. The highest BCUT2D eigenvalue weighted by Gasteiger charge is 2.45. The van der Waals surface area contributed by atoms with Crippen LogP contribution in [0.15, 0.2) is 89.6 Å². The average molecular weight is 915 g/mol. The Morgan fingerprint density at radius 2 is 1.56 bits per heavy atom. The molecule has 3 aromatic carbocycles. The number of halogens is 1. The molecule has 17 nitrogen and oxygen atoms in total. The number of nitrogens with one attached hydrogen (secondary N) is 3. The Kier molecular flexibility index (Phi) is 11.6. The molecule has 3 fully saturated rings. The zero-order valence-corrected chi connectivity index (χ0v) is 36.7. The minimum absolute atomic E-state index is 0.0240. The molecule has 0 saturated carbocycles. The van der Waals surface area contributed by atoms with Crippen molar-refractivity contribution in [3.63, 3.8) is 0 Å². The number of rotatable bonds is 10. The monoisotopic (exact) mass is 914 g/mol. The zero-order chi connectivity index (χ0) is 45.6. The maximum atomic E-state index is 14.4. The molecule has 6 aliphatic heterocycles. The number of fused-ring (bicyclic) bond motifs is 1. The second-order valence-corrected chi connectivity index (χ2v) is 18.3. The fourth-order valence-corrected chi connectivity index (χ4v) is 10.4. The van der Waals surface area contributed by atoms with E-state index in [9.17, 15) is 38.0 Å². The van der Waals surface area contributed by atoms with Crippen molar-refractivity contribution in [1.29, 1.82) is 0 Å². The predicted molar refractivity (Wildman–Crippen MR) is 241 cm³/mol. The van der Waals surface area contributed by atoms with Gasteiger partial charge in [-0.25, -0.2) is 9.37 Å². The van der Waals surface area contributed by atoms with E-state index in [0.717, 1.165) is 27.5 Å². The lowest BCUT2D eigenvalue weighted by Crippen LogP contribution is -2.54. The van der Waals surface area contributed by atoms with Gasteiger partial charge < -0.3 is 24.9 Å². The van der Waals surface area contributed by atoms with Gasteiger partial charge in [0.05, 0.1) is 24.2 Å². The molecule has 0 bridgehead atoms. The standard InChI is InChI=1S/C47H47FN10O7S/c48-31-3-1-2-29(22-31)41(43(62)52-47-49-12-21-66-47)57-26-37-36(44(57)63)23-30(25-50-37)28-4-6-32(7-5-28)54-17-19-56(20-18-54)40(60)27-53-13-15-55(16-14-53)33-8-9-34-35(24-33)46(65)58(45(34)64)38-10-11-39(59)51-42(38)61/h1-9,12,21-22,24,30,38,41,50H,10-11,13-20,23,25-27H2,(H,49,52,62)(H,51,59,61). The number of carbonyl (C=O) groups is 7. The van der Waals surface area contributed by atoms with E-state index < -0.39 is 47.4 Å². The van der Waals surface area contributed by atoms with Crippen LogP contribution >= 0.6 is 11.3 Å². The van der Waals surface area contributed by atoms with Gasteiger partial charge in [0.25, 0.3) is 23.6 Å². The highest BCUT2D eigenvalue weighted by atomic mass is 32.1.